The number of carbonyl (C=O) groups excluding carboxylic acids is 1. The number of benzene rings is 1. The number of nitrogens with two attached hydrogens (primary N) is 1. The summed E-state index contributed by atoms with van der Waals surface area (Å²) >= 11 is 1.73. The first-order valence-electron chi connectivity index (χ1n) is 8.20. The zero-order chi connectivity index (χ0) is 16.1. The van der Waals surface area contributed by atoms with Gasteiger partial charge in [0.2, 0.25) is 5.91 Å². The van der Waals surface area contributed by atoms with Gasteiger partial charge in [-0.1, -0.05) is 32.0 Å². The number of rotatable bonds is 6. The molecule has 0 spiro atoms. The lowest BCUT2D eigenvalue weighted by Crippen LogP contribution is -2.43. The van der Waals surface area contributed by atoms with Crippen molar-refractivity contribution < 1.29 is 4.79 Å². The van der Waals surface area contributed by atoms with Gasteiger partial charge in [-0.3, -0.25) is 4.79 Å². The highest BCUT2D eigenvalue weighted by molar-refractivity contribution is 7.98. The van der Waals surface area contributed by atoms with Gasteiger partial charge in [-0.25, -0.2) is 0 Å². The van der Waals surface area contributed by atoms with Crippen molar-refractivity contribution in [2.45, 2.75) is 57.5 Å². The second kappa shape index (κ2) is 9.55. The van der Waals surface area contributed by atoms with Crippen molar-refractivity contribution in [3.05, 3.63) is 34.9 Å². The predicted octanol–water partition coefficient (Wildman–Crippen LogP) is 3.81. The topological polar surface area (TPSA) is 55.1 Å². The average molecular weight is 357 g/mol. The lowest BCUT2D eigenvalue weighted by Gasteiger charge is -2.28. The zero-order valence-corrected chi connectivity index (χ0v) is 15.9. The van der Waals surface area contributed by atoms with Gasteiger partial charge in [0.1, 0.15) is 0 Å². The fourth-order valence-corrected chi connectivity index (χ4v) is 3.47. The Balaban J connectivity index is 0.00000264. The van der Waals surface area contributed by atoms with Gasteiger partial charge in [-0.05, 0) is 60.3 Å². The van der Waals surface area contributed by atoms with Crippen molar-refractivity contribution in [2.75, 3.05) is 12.0 Å². The third-order valence-electron chi connectivity index (χ3n) is 4.44. The van der Waals surface area contributed by atoms with E-state index in [-0.39, 0.29) is 24.4 Å². The third kappa shape index (κ3) is 5.40. The number of amides is 1. The molecule has 5 heteroatoms. The maximum absolute atomic E-state index is 12.3. The van der Waals surface area contributed by atoms with Gasteiger partial charge < -0.3 is 11.1 Å². The first-order valence-corrected chi connectivity index (χ1v) is 9.60. The summed E-state index contributed by atoms with van der Waals surface area (Å²) in [7, 11) is 0. The van der Waals surface area contributed by atoms with E-state index >= 15 is 0 Å². The molecule has 0 saturated heterocycles. The van der Waals surface area contributed by atoms with Crippen LogP contribution in [0.5, 0.6) is 0 Å². The first kappa shape index (κ1) is 20.3. The summed E-state index contributed by atoms with van der Waals surface area (Å²) in [5, 5.41) is 3.18. The predicted molar refractivity (Wildman–Crippen MR) is 103 cm³/mol. The van der Waals surface area contributed by atoms with Gasteiger partial charge in [0.15, 0.2) is 0 Å². The molecule has 0 fully saturated rings. The normalized spacial score (nSPS) is 18.0. The number of hydrogen-bond acceptors (Lipinski definition) is 3. The van der Waals surface area contributed by atoms with Crippen LogP contribution in [-0.2, 0) is 11.2 Å². The summed E-state index contributed by atoms with van der Waals surface area (Å²) in [5.74, 6) is 1.42. The van der Waals surface area contributed by atoms with Gasteiger partial charge in [0.25, 0.3) is 0 Å². The minimum Gasteiger partial charge on any atom is -0.348 e. The zero-order valence-electron chi connectivity index (χ0n) is 14.3. The molecule has 0 aromatic heterocycles. The molecular formula is C18H29ClN2OS. The number of aryl methyl sites for hydroxylation is 1. The molecule has 2 atom stereocenters. The molecule has 1 aromatic carbocycles. The standard InChI is InChI=1S/C18H28N2OS.ClH/c1-12(2)14-8-7-13-5-4-6-17(15(13)11-14)20-18(21)16(19)9-10-22-3;/h7-8,11-12,16-17H,4-6,9-10,19H2,1-3H3,(H,20,21);1H/t16?,17-;/m1./s1. The van der Waals surface area contributed by atoms with E-state index in [9.17, 15) is 4.79 Å². The van der Waals surface area contributed by atoms with E-state index in [0.29, 0.717) is 5.92 Å². The molecule has 0 saturated carbocycles. The summed E-state index contributed by atoms with van der Waals surface area (Å²) in [6.07, 6.45) is 6.02. The van der Waals surface area contributed by atoms with E-state index in [1.807, 2.05) is 6.26 Å². The van der Waals surface area contributed by atoms with E-state index < -0.39 is 6.04 Å². The van der Waals surface area contributed by atoms with E-state index in [4.69, 9.17) is 5.73 Å². The van der Waals surface area contributed by atoms with Crippen molar-refractivity contribution in [3.63, 3.8) is 0 Å². The van der Waals surface area contributed by atoms with E-state index in [1.54, 1.807) is 11.8 Å². The van der Waals surface area contributed by atoms with Crippen LogP contribution in [0.1, 0.15) is 61.8 Å². The Morgan fingerprint density at radius 2 is 2.17 bits per heavy atom. The number of hydrogen-bond donors (Lipinski definition) is 2. The summed E-state index contributed by atoms with van der Waals surface area (Å²) in [5.41, 5.74) is 10.0. The molecule has 1 aliphatic carbocycles. The molecule has 1 aliphatic rings. The fourth-order valence-electron chi connectivity index (χ4n) is 2.98. The van der Waals surface area contributed by atoms with E-state index in [1.165, 1.54) is 16.7 Å². The SMILES string of the molecule is CSCCC(N)C(=O)N[C@@H]1CCCc2ccc(C(C)C)cc21.Cl. The molecule has 1 unspecified atom stereocenters. The van der Waals surface area contributed by atoms with Crippen molar-refractivity contribution in [1.82, 2.24) is 5.32 Å². The fraction of sp³-hybridized carbons (Fsp3) is 0.611. The van der Waals surface area contributed by atoms with Crippen LogP contribution in [0.4, 0.5) is 0 Å². The van der Waals surface area contributed by atoms with Gasteiger partial charge >= 0.3 is 0 Å². The minimum absolute atomic E-state index is 0. The van der Waals surface area contributed by atoms with Crippen LogP contribution in [-0.4, -0.2) is 24.0 Å². The Morgan fingerprint density at radius 3 is 2.83 bits per heavy atom. The highest BCUT2D eigenvalue weighted by atomic mass is 35.5. The lowest BCUT2D eigenvalue weighted by atomic mass is 9.85. The summed E-state index contributed by atoms with van der Waals surface area (Å²) in [4.78, 5) is 12.3. The summed E-state index contributed by atoms with van der Waals surface area (Å²) < 4.78 is 0. The summed E-state index contributed by atoms with van der Waals surface area (Å²) in [6.45, 7) is 4.41. The number of carbonyl (C=O) groups is 1. The first-order chi connectivity index (χ1) is 10.5. The lowest BCUT2D eigenvalue weighted by molar-refractivity contribution is -0.123. The maximum atomic E-state index is 12.3. The molecule has 0 radical (unpaired) electrons. The van der Waals surface area contributed by atoms with Crippen molar-refractivity contribution >= 4 is 30.1 Å². The number of nitrogens with one attached hydrogen (secondary N) is 1. The second-order valence-corrected chi connectivity index (χ2v) is 7.44. The van der Waals surface area contributed by atoms with Crippen LogP contribution >= 0.6 is 24.2 Å². The van der Waals surface area contributed by atoms with Gasteiger partial charge in [-0.2, -0.15) is 11.8 Å². The molecule has 3 N–H and O–H groups in total. The Labute approximate surface area is 150 Å². The van der Waals surface area contributed by atoms with Crippen molar-refractivity contribution in [3.8, 4) is 0 Å². The van der Waals surface area contributed by atoms with Gasteiger partial charge in [-0.15, -0.1) is 12.4 Å². The Kier molecular flexibility index (Phi) is 8.45. The number of thioether (sulfide) groups is 1. The van der Waals surface area contributed by atoms with Crippen molar-refractivity contribution in [2.24, 2.45) is 5.73 Å². The van der Waals surface area contributed by atoms with Gasteiger partial charge in [0.05, 0.1) is 12.1 Å². The minimum atomic E-state index is -0.397. The molecule has 0 heterocycles. The Morgan fingerprint density at radius 1 is 1.43 bits per heavy atom. The van der Waals surface area contributed by atoms with Gasteiger partial charge in [0, 0.05) is 0 Å². The monoisotopic (exact) mass is 356 g/mol. The third-order valence-corrected chi connectivity index (χ3v) is 5.08. The highest BCUT2D eigenvalue weighted by Gasteiger charge is 2.24. The molecule has 130 valence electrons. The average Bonchev–Trinajstić information content (AvgIpc) is 2.52. The number of fused-ring (bicyclic) bond motifs is 1. The molecule has 0 bridgehead atoms. The van der Waals surface area contributed by atoms with Crippen LogP contribution in [0.3, 0.4) is 0 Å². The van der Waals surface area contributed by atoms with Crippen molar-refractivity contribution in [1.29, 1.82) is 0 Å². The molecular weight excluding hydrogens is 328 g/mol. The van der Waals surface area contributed by atoms with Crippen LogP contribution in [0.2, 0.25) is 0 Å². The van der Waals surface area contributed by atoms with Crippen LogP contribution in [0, 0.1) is 0 Å². The molecule has 0 aliphatic heterocycles. The van der Waals surface area contributed by atoms with Crippen LogP contribution < -0.4 is 11.1 Å². The Hall–Kier alpha value is -0.710. The molecule has 3 nitrogen and oxygen atoms in total. The number of halogens is 1. The molecule has 1 aromatic rings. The molecule has 2 rings (SSSR count). The van der Waals surface area contributed by atoms with E-state index in [0.717, 1.165) is 31.4 Å². The van der Waals surface area contributed by atoms with Crippen LogP contribution in [0.25, 0.3) is 0 Å². The quantitative estimate of drug-likeness (QED) is 0.814. The summed E-state index contributed by atoms with van der Waals surface area (Å²) in [6, 6.07) is 6.45. The second-order valence-electron chi connectivity index (χ2n) is 6.45. The molecule has 23 heavy (non-hydrogen) atoms. The Bertz CT molecular complexity index is 522. The largest absolute Gasteiger partial charge is 0.348 e. The molecule has 1 amide bonds. The van der Waals surface area contributed by atoms with E-state index in [2.05, 4.69) is 37.4 Å². The van der Waals surface area contributed by atoms with Crippen LogP contribution in [0.15, 0.2) is 18.2 Å². The smallest absolute Gasteiger partial charge is 0.237 e. The highest BCUT2D eigenvalue weighted by Crippen LogP contribution is 2.32. The maximum Gasteiger partial charge on any atom is 0.237 e.